The molecule has 0 saturated carbocycles. The summed E-state index contributed by atoms with van der Waals surface area (Å²) in [5.74, 6) is 1.94. The maximum absolute atomic E-state index is 4.54. The minimum Gasteiger partial charge on any atom is -0.356 e. The topological polar surface area (TPSA) is 41.0 Å². The van der Waals surface area contributed by atoms with Crippen LogP contribution in [0, 0.1) is 12.8 Å². The van der Waals surface area contributed by atoms with Crippen molar-refractivity contribution in [3.63, 3.8) is 0 Å². The highest BCUT2D eigenvalue weighted by atomic mass is 32.1. The van der Waals surface area contributed by atoms with Gasteiger partial charge in [-0.05, 0) is 44.8 Å². The summed E-state index contributed by atoms with van der Waals surface area (Å²) in [6, 6.07) is 2.22. The lowest BCUT2D eigenvalue weighted by Crippen LogP contribution is -2.37. The normalized spacial score (nSPS) is 17.0. The second kappa shape index (κ2) is 6.06. The van der Waals surface area contributed by atoms with Gasteiger partial charge in [-0.1, -0.05) is 6.92 Å². The molecule has 3 heterocycles. The molecule has 1 fully saturated rings. The van der Waals surface area contributed by atoms with Crippen LogP contribution in [-0.2, 0) is 0 Å². The quantitative estimate of drug-likeness (QED) is 0.940. The molecule has 5 heteroatoms. The summed E-state index contributed by atoms with van der Waals surface area (Å²) in [6.45, 7) is 8.75. The third-order valence-electron chi connectivity index (χ3n) is 4.03. The summed E-state index contributed by atoms with van der Waals surface area (Å²) in [5.41, 5.74) is 0. The van der Waals surface area contributed by atoms with Gasteiger partial charge in [-0.25, -0.2) is 9.97 Å². The van der Waals surface area contributed by atoms with Crippen LogP contribution < -0.4 is 10.2 Å². The Labute approximate surface area is 124 Å². The van der Waals surface area contributed by atoms with Crippen LogP contribution in [0.3, 0.4) is 0 Å². The fourth-order valence-electron chi connectivity index (χ4n) is 2.91. The van der Waals surface area contributed by atoms with E-state index < -0.39 is 0 Å². The van der Waals surface area contributed by atoms with Crippen LogP contribution in [0.2, 0.25) is 0 Å². The van der Waals surface area contributed by atoms with E-state index in [0.29, 0.717) is 0 Å². The largest absolute Gasteiger partial charge is 0.356 e. The van der Waals surface area contributed by atoms with Crippen LogP contribution in [0.1, 0.15) is 24.6 Å². The second-order valence-electron chi connectivity index (χ2n) is 5.51. The van der Waals surface area contributed by atoms with Gasteiger partial charge in [0.05, 0.1) is 5.39 Å². The molecule has 1 aliphatic heterocycles. The molecule has 0 spiro atoms. The summed E-state index contributed by atoms with van der Waals surface area (Å²) >= 11 is 1.75. The number of fused-ring (bicyclic) bond motifs is 1. The first kappa shape index (κ1) is 13.8. The van der Waals surface area contributed by atoms with Gasteiger partial charge in [0.15, 0.2) is 0 Å². The Hall–Kier alpha value is -1.20. The highest BCUT2D eigenvalue weighted by Gasteiger charge is 2.21. The molecule has 0 aliphatic carbocycles. The molecule has 2 aromatic rings. The van der Waals surface area contributed by atoms with E-state index in [2.05, 4.69) is 40.1 Å². The zero-order chi connectivity index (χ0) is 13.9. The zero-order valence-corrected chi connectivity index (χ0v) is 13.0. The van der Waals surface area contributed by atoms with Gasteiger partial charge in [-0.15, -0.1) is 11.3 Å². The molecule has 1 N–H and O–H groups in total. The highest BCUT2D eigenvalue weighted by Crippen LogP contribution is 2.31. The van der Waals surface area contributed by atoms with Crippen molar-refractivity contribution >= 4 is 27.4 Å². The number of hydrogen-bond acceptors (Lipinski definition) is 5. The van der Waals surface area contributed by atoms with Crippen LogP contribution in [0.15, 0.2) is 12.4 Å². The van der Waals surface area contributed by atoms with Crippen molar-refractivity contribution in [2.75, 3.05) is 31.1 Å². The van der Waals surface area contributed by atoms with Crippen molar-refractivity contribution in [3.8, 4) is 0 Å². The monoisotopic (exact) mass is 290 g/mol. The van der Waals surface area contributed by atoms with Crippen molar-refractivity contribution in [2.24, 2.45) is 5.92 Å². The highest BCUT2D eigenvalue weighted by molar-refractivity contribution is 7.18. The van der Waals surface area contributed by atoms with Gasteiger partial charge in [-0.3, -0.25) is 0 Å². The van der Waals surface area contributed by atoms with Crippen LogP contribution in [0.4, 0.5) is 5.82 Å². The van der Waals surface area contributed by atoms with Gasteiger partial charge in [0.1, 0.15) is 17.0 Å². The average Bonchev–Trinajstić information content (AvgIpc) is 2.85. The molecule has 2 aromatic heterocycles. The molecule has 0 bridgehead atoms. The molecule has 1 saturated heterocycles. The van der Waals surface area contributed by atoms with Crippen LogP contribution >= 0.6 is 11.3 Å². The number of nitrogens with zero attached hydrogens (tertiary/aromatic N) is 3. The van der Waals surface area contributed by atoms with Crippen molar-refractivity contribution in [3.05, 3.63) is 17.3 Å². The minimum absolute atomic E-state index is 0.813. The van der Waals surface area contributed by atoms with E-state index in [4.69, 9.17) is 0 Å². The molecule has 0 radical (unpaired) electrons. The van der Waals surface area contributed by atoms with Gasteiger partial charge in [-0.2, -0.15) is 0 Å². The maximum atomic E-state index is 4.54. The van der Waals surface area contributed by atoms with Gasteiger partial charge in [0.25, 0.3) is 0 Å². The molecule has 1 aliphatic rings. The number of thiophene rings is 1. The van der Waals surface area contributed by atoms with Crippen molar-refractivity contribution in [1.82, 2.24) is 15.3 Å². The van der Waals surface area contributed by atoms with E-state index in [9.17, 15) is 0 Å². The van der Waals surface area contributed by atoms with Gasteiger partial charge in [0.2, 0.25) is 0 Å². The van der Waals surface area contributed by atoms with E-state index in [-0.39, 0.29) is 0 Å². The second-order valence-corrected chi connectivity index (χ2v) is 6.75. The lowest BCUT2D eigenvalue weighted by molar-refractivity contribution is 0.386. The van der Waals surface area contributed by atoms with E-state index in [0.717, 1.165) is 42.7 Å². The first-order valence-electron chi connectivity index (χ1n) is 7.44. The number of aromatic nitrogens is 2. The number of aryl methyl sites for hydroxylation is 1. The van der Waals surface area contributed by atoms with Crippen molar-refractivity contribution in [2.45, 2.75) is 26.7 Å². The van der Waals surface area contributed by atoms with Crippen molar-refractivity contribution in [1.29, 1.82) is 0 Å². The average molecular weight is 290 g/mol. The standard InChI is InChI=1S/C15H22N4S/c1-3-16-9-12-4-6-19(7-5-12)14-13-8-11(2)20-15(13)18-10-17-14/h8,10,12,16H,3-7,9H2,1-2H3. The smallest absolute Gasteiger partial charge is 0.140 e. The lowest BCUT2D eigenvalue weighted by Gasteiger charge is -2.33. The number of nitrogens with one attached hydrogen (secondary N) is 1. The van der Waals surface area contributed by atoms with Crippen LogP contribution in [0.25, 0.3) is 10.2 Å². The third kappa shape index (κ3) is 2.79. The van der Waals surface area contributed by atoms with Gasteiger partial charge < -0.3 is 10.2 Å². The van der Waals surface area contributed by atoms with E-state index in [1.807, 2.05) is 0 Å². The number of piperidine rings is 1. The Balaban J connectivity index is 1.73. The Bertz CT molecular complexity index is 572. The predicted octanol–water partition coefficient (Wildman–Crippen LogP) is 2.83. The van der Waals surface area contributed by atoms with Crippen LogP contribution in [0.5, 0.6) is 0 Å². The van der Waals surface area contributed by atoms with Crippen molar-refractivity contribution < 1.29 is 0 Å². The summed E-state index contributed by atoms with van der Waals surface area (Å²) in [5, 5.41) is 4.69. The molecular formula is C15H22N4S. The van der Waals surface area contributed by atoms with E-state index >= 15 is 0 Å². The Kier molecular flexibility index (Phi) is 4.17. The molecule has 0 atom stereocenters. The molecule has 0 unspecified atom stereocenters. The summed E-state index contributed by atoms with van der Waals surface area (Å²) in [7, 11) is 0. The Morgan fingerprint density at radius 1 is 1.35 bits per heavy atom. The summed E-state index contributed by atoms with van der Waals surface area (Å²) in [4.78, 5) is 13.8. The first-order valence-corrected chi connectivity index (χ1v) is 8.26. The number of anilines is 1. The SMILES string of the molecule is CCNCC1CCN(c2ncnc3sc(C)cc23)CC1. The lowest BCUT2D eigenvalue weighted by atomic mass is 9.96. The molecule has 0 aromatic carbocycles. The molecule has 3 rings (SSSR count). The molecule has 0 amide bonds. The van der Waals surface area contributed by atoms with Gasteiger partial charge in [0, 0.05) is 18.0 Å². The zero-order valence-electron chi connectivity index (χ0n) is 12.2. The summed E-state index contributed by atoms with van der Waals surface area (Å²) < 4.78 is 0. The molecule has 4 nitrogen and oxygen atoms in total. The fraction of sp³-hybridized carbons (Fsp3) is 0.600. The molecule has 108 valence electrons. The Morgan fingerprint density at radius 3 is 2.90 bits per heavy atom. The van der Waals surface area contributed by atoms with E-state index in [1.54, 1.807) is 17.7 Å². The molecular weight excluding hydrogens is 268 g/mol. The maximum Gasteiger partial charge on any atom is 0.140 e. The minimum atomic E-state index is 0.813. The first-order chi connectivity index (χ1) is 9.78. The Morgan fingerprint density at radius 2 is 2.15 bits per heavy atom. The van der Waals surface area contributed by atoms with Gasteiger partial charge >= 0.3 is 0 Å². The molecule has 20 heavy (non-hydrogen) atoms. The fourth-order valence-corrected chi connectivity index (χ4v) is 3.75. The number of rotatable bonds is 4. The van der Waals surface area contributed by atoms with Crippen LogP contribution in [-0.4, -0.2) is 36.1 Å². The number of hydrogen-bond donors (Lipinski definition) is 1. The third-order valence-corrected chi connectivity index (χ3v) is 4.99. The predicted molar refractivity (Wildman–Crippen MR) is 85.6 cm³/mol. The summed E-state index contributed by atoms with van der Waals surface area (Å²) in [6.07, 6.45) is 4.21. The van der Waals surface area contributed by atoms with E-state index in [1.165, 1.54) is 23.1 Å².